The van der Waals surface area contributed by atoms with Crippen molar-refractivity contribution in [2.24, 2.45) is 0 Å². The van der Waals surface area contributed by atoms with E-state index < -0.39 is 0 Å². The van der Waals surface area contributed by atoms with E-state index in [0.717, 1.165) is 6.42 Å². The fourth-order valence-corrected chi connectivity index (χ4v) is 0.562. The van der Waals surface area contributed by atoms with E-state index in [0.29, 0.717) is 13.2 Å². The summed E-state index contributed by atoms with van der Waals surface area (Å²) in [5.74, 6) is 0. The van der Waals surface area contributed by atoms with Crippen LogP contribution < -0.4 is 10.6 Å². The molecule has 0 rings (SSSR count). The number of amides is 2. The monoisotopic (exact) mass is 158 g/mol. The van der Waals surface area contributed by atoms with Crippen LogP contribution in [-0.4, -0.2) is 26.3 Å². The molecule has 0 aromatic rings. The Kier molecular flexibility index (Phi) is 6.42. The first-order valence-electron chi connectivity index (χ1n) is 3.45. The number of hydrogen-bond acceptors (Lipinski definition) is 2. The lowest BCUT2D eigenvalue weighted by molar-refractivity contribution is 0.193. The molecule has 0 bridgehead atoms. The average molecular weight is 158 g/mol. The Bertz CT molecular complexity index is 126. The first-order chi connectivity index (χ1) is 5.31. The molecule has 4 heteroatoms. The number of carbonyl (C=O) groups is 1. The van der Waals surface area contributed by atoms with E-state index >= 15 is 0 Å². The van der Waals surface area contributed by atoms with Crippen LogP contribution in [0.3, 0.4) is 0 Å². The molecule has 64 valence electrons. The molecule has 0 heterocycles. The van der Waals surface area contributed by atoms with Gasteiger partial charge in [-0.05, 0) is 12.6 Å². The third kappa shape index (κ3) is 6.86. The largest absolute Gasteiger partial charge is 0.385 e. The first-order valence-corrected chi connectivity index (χ1v) is 3.45. The van der Waals surface area contributed by atoms with E-state index in [-0.39, 0.29) is 6.03 Å². The molecule has 0 saturated heterocycles. The van der Waals surface area contributed by atoms with Crippen LogP contribution in [0.5, 0.6) is 0 Å². The number of ether oxygens (including phenoxy) is 1. The van der Waals surface area contributed by atoms with E-state index in [1.54, 1.807) is 7.11 Å². The van der Waals surface area contributed by atoms with Crippen LogP contribution in [0.15, 0.2) is 12.8 Å². The molecule has 0 fully saturated rings. The highest BCUT2D eigenvalue weighted by Crippen LogP contribution is 1.76. The minimum absolute atomic E-state index is 0.226. The van der Waals surface area contributed by atoms with Crippen LogP contribution in [0.25, 0.3) is 0 Å². The van der Waals surface area contributed by atoms with E-state index in [4.69, 9.17) is 4.74 Å². The second-order valence-corrected chi connectivity index (χ2v) is 1.95. The van der Waals surface area contributed by atoms with E-state index in [1.165, 1.54) is 6.20 Å². The van der Waals surface area contributed by atoms with Crippen LogP contribution in [0.1, 0.15) is 6.42 Å². The van der Waals surface area contributed by atoms with E-state index in [1.807, 2.05) is 0 Å². The summed E-state index contributed by atoms with van der Waals surface area (Å²) in [4.78, 5) is 10.7. The van der Waals surface area contributed by atoms with Gasteiger partial charge >= 0.3 is 6.03 Å². The number of nitrogens with one attached hydrogen (secondary N) is 2. The van der Waals surface area contributed by atoms with Crippen LogP contribution >= 0.6 is 0 Å². The van der Waals surface area contributed by atoms with E-state index in [2.05, 4.69) is 17.2 Å². The third-order valence-corrected chi connectivity index (χ3v) is 1.04. The van der Waals surface area contributed by atoms with Crippen LogP contribution in [0.2, 0.25) is 0 Å². The molecule has 2 amide bonds. The van der Waals surface area contributed by atoms with Gasteiger partial charge in [0.15, 0.2) is 0 Å². The van der Waals surface area contributed by atoms with Gasteiger partial charge < -0.3 is 15.4 Å². The molecule has 0 aliphatic carbocycles. The van der Waals surface area contributed by atoms with Crippen LogP contribution in [-0.2, 0) is 4.74 Å². The normalized spacial score (nSPS) is 8.82. The smallest absolute Gasteiger partial charge is 0.318 e. The summed E-state index contributed by atoms with van der Waals surface area (Å²) in [6.07, 6.45) is 2.16. The van der Waals surface area contributed by atoms with Crippen molar-refractivity contribution in [1.29, 1.82) is 0 Å². The van der Waals surface area contributed by atoms with Crippen molar-refractivity contribution < 1.29 is 9.53 Å². The number of carbonyl (C=O) groups excluding carboxylic acids is 1. The average Bonchev–Trinajstić information content (AvgIpc) is 1.99. The summed E-state index contributed by atoms with van der Waals surface area (Å²) < 4.78 is 4.79. The fourth-order valence-electron chi connectivity index (χ4n) is 0.562. The zero-order valence-corrected chi connectivity index (χ0v) is 6.72. The molecule has 0 aliphatic rings. The Labute approximate surface area is 66.6 Å². The standard InChI is InChI=1S/C7H14N2O2/c1-3-8-7(10)9-5-4-6-11-2/h3H,1,4-6H2,2H3,(H2,8,9,10). The van der Waals surface area contributed by atoms with Gasteiger partial charge in [0.1, 0.15) is 0 Å². The summed E-state index contributed by atoms with van der Waals surface area (Å²) in [5, 5.41) is 5.01. The van der Waals surface area contributed by atoms with Crippen molar-refractivity contribution in [2.45, 2.75) is 6.42 Å². The molecule has 0 aromatic heterocycles. The maximum Gasteiger partial charge on any atom is 0.318 e. The van der Waals surface area contributed by atoms with Gasteiger partial charge in [0, 0.05) is 20.3 Å². The van der Waals surface area contributed by atoms with Gasteiger partial charge in [-0.1, -0.05) is 6.58 Å². The lowest BCUT2D eigenvalue weighted by Crippen LogP contribution is -2.32. The van der Waals surface area contributed by atoms with Gasteiger partial charge in [-0.2, -0.15) is 0 Å². The Balaban J connectivity index is 3.10. The van der Waals surface area contributed by atoms with Crippen molar-refractivity contribution in [1.82, 2.24) is 10.6 Å². The number of methoxy groups -OCH3 is 1. The van der Waals surface area contributed by atoms with Crippen LogP contribution in [0.4, 0.5) is 4.79 Å². The Morgan fingerprint density at radius 2 is 2.45 bits per heavy atom. The minimum atomic E-state index is -0.226. The fraction of sp³-hybridized carbons (Fsp3) is 0.571. The summed E-state index contributed by atoms with van der Waals surface area (Å²) in [7, 11) is 1.63. The van der Waals surface area contributed by atoms with Gasteiger partial charge in [-0.15, -0.1) is 0 Å². The Morgan fingerprint density at radius 3 is 3.00 bits per heavy atom. The molecule has 0 atom stereocenters. The topological polar surface area (TPSA) is 50.4 Å². The van der Waals surface area contributed by atoms with Crippen molar-refractivity contribution in [3.63, 3.8) is 0 Å². The third-order valence-electron chi connectivity index (χ3n) is 1.04. The highest BCUT2D eigenvalue weighted by atomic mass is 16.5. The second-order valence-electron chi connectivity index (χ2n) is 1.95. The number of rotatable bonds is 5. The zero-order valence-electron chi connectivity index (χ0n) is 6.72. The summed E-state index contributed by atoms with van der Waals surface area (Å²) in [5.41, 5.74) is 0. The van der Waals surface area contributed by atoms with Gasteiger partial charge in [0.25, 0.3) is 0 Å². The predicted octanol–water partition coefficient (Wildman–Crippen LogP) is 0.466. The van der Waals surface area contributed by atoms with Crippen molar-refractivity contribution in [2.75, 3.05) is 20.3 Å². The quantitative estimate of drug-likeness (QED) is 0.571. The molecule has 11 heavy (non-hydrogen) atoms. The first kappa shape index (κ1) is 9.97. The number of urea groups is 1. The maximum atomic E-state index is 10.7. The van der Waals surface area contributed by atoms with E-state index in [9.17, 15) is 4.79 Å². The molecule has 2 N–H and O–H groups in total. The maximum absolute atomic E-state index is 10.7. The molecule has 0 aromatic carbocycles. The van der Waals surface area contributed by atoms with Crippen molar-refractivity contribution in [3.05, 3.63) is 12.8 Å². The van der Waals surface area contributed by atoms with Gasteiger partial charge in [-0.3, -0.25) is 0 Å². The lowest BCUT2D eigenvalue weighted by Gasteiger charge is -2.02. The van der Waals surface area contributed by atoms with Crippen molar-refractivity contribution in [3.8, 4) is 0 Å². The summed E-state index contributed by atoms with van der Waals surface area (Å²) >= 11 is 0. The predicted molar refractivity (Wildman–Crippen MR) is 43.2 cm³/mol. The Hall–Kier alpha value is -1.03. The summed E-state index contributed by atoms with van der Waals surface area (Å²) in [6.45, 7) is 4.63. The lowest BCUT2D eigenvalue weighted by atomic mass is 10.4. The van der Waals surface area contributed by atoms with Gasteiger partial charge in [-0.25, -0.2) is 4.79 Å². The molecule has 0 spiro atoms. The minimum Gasteiger partial charge on any atom is -0.385 e. The number of hydrogen-bond donors (Lipinski definition) is 2. The summed E-state index contributed by atoms with van der Waals surface area (Å²) in [6, 6.07) is -0.226. The molecule has 0 saturated carbocycles. The molecule has 4 nitrogen and oxygen atoms in total. The molecule has 0 unspecified atom stereocenters. The molecule has 0 aliphatic heterocycles. The molecular weight excluding hydrogens is 144 g/mol. The van der Waals surface area contributed by atoms with Gasteiger partial charge in [0.2, 0.25) is 0 Å². The highest BCUT2D eigenvalue weighted by Gasteiger charge is 1.93. The highest BCUT2D eigenvalue weighted by molar-refractivity contribution is 5.74. The van der Waals surface area contributed by atoms with Crippen LogP contribution in [0, 0.1) is 0 Å². The Morgan fingerprint density at radius 1 is 1.73 bits per heavy atom. The van der Waals surface area contributed by atoms with Gasteiger partial charge in [0.05, 0.1) is 0 Å². The second kappa shape index (κ2) is 7.08. The molecular formula is C7H14N2O2. The SMILES string of the molecule is C=CNC(=O)NCCCOC. The molecule has 0 radical (unpaired) electrons. The zero-order chi connectivity index (χ0) is 8.53. The van der Waals surface area contributed by atoms with Crippen molar-refractivity contribution >= 4 is 6.03 Å².